The molecule has 0 radical (unpaired) electrons. The van der Waals surface area contributed by atoms with Gasteiger partial charge in [-0.3, -0.25) is 0 Å². The van der Waals surface area contributed by atoms with Gasteiger partial charge in [0.1, 0.15) is 0 Å². The van der Waals surface area contributed by atoms with Crippen molar-refractivity contribution in [3.63, 3.8) is 0 Å². The minimum absolute atomic E-state index is 0. The third-order valence-corrected chi connectivity index (χ3v) is 1.30. The molecule has 0 atom stereocenters. The van der Waals surface area contributed by atoms with Crippen molar-refractivity contribution in [2.75, 3.05) is 0 Å². The first-order valence-corrected chi connectivity index (χ1v) is 4.15. The summed E-state index contributed by atoms with van der Waals surface area (Å²) in [5.74, 6) is 3.05. The number of hydrogen-bond acceptors (Lipinski definition) is 0. The molecule has 0 aliphatic carbocycles. The SMILES string of the molecule is Br.CCCCC#[C][Zn]. The molecule has 0 aliphatic heterocycles. The van der Waals surface area contributed by atoms with Gasteiger partial charge in [-0.15, -0.1) is 17.0 Å². The fourth-order valence-corrected chi connectivity index (χ4v) is 0.724. The van der Waals surface area contributed by atoms with E-state index in [0.717, 1.165) is 24.7 Å². The van der Waals surface area contributed by atoms with Gasteiger partial charge in [-0.2, -0.15) is 0 Å². The summed E-state index contributed by atoms with van der Waals surface area (Å²) in [6.45, 7) is 2.19. The summed E-state index contributed by atoms with van der Waals surface area (Å²) in [6.07, 6.45) is 3.65. The van der Waals surface area contributed by atoms with Crippen molar-refractivity contribution in [3.05, 3.63) is 0 Å². The third kappa shape index (κ3) is 9.83. The van der Waals surface area contributed by atoms with Crippen molar-refractivity contribution in [1.82, 2.24) is 0 Å². The summed E-state index contributed by atoms with van der Waals surface area (Å²) in [4.78, 5) is 0. The third-order valence-electron chi connectivity index (χ3n) is 0.780. The monoisotopic (exact) mass is 225 g/mol. The van der Waals surface area contributed by atoms with Crippen LogP contribution in [0, 0.1) is 10.4 Å². The maximum absolute atomic E-state index is 3.05. The van der Waals surface area contributed by atoms with Crippen molar-refractivity contribution in [1.29, 1.82) is 0 Å². The summed E-state index contributed by atoms with van der Waals surface area (Å²) in [7, 11) is 0. The number of halogens is 1. The first-order valence-electron chi connectivity index (χ1n) is 2.66. The number of unbranched alkanes of at least 4 members (excludes halogenated alkanes) is 2. The molecule has 0 rings (SSSR count). The Kier molecular flexibility index (Phi) is 15.2. The molecule has 0 fully saturated rings. The van der Waals surface area contributed by atoms with Gasteiger partial charge in [-0.25, -0.2) is 0 Å². The molecule has 43 valence electrons. The Morgan fingerprint density at radius 3 is 2.50 bits per heavy atom. The zero-order valence-corrected chi connectivity index (χ0v) is 9.92. The van der Waals surface area contributed by atoms with Gasteiger partial charge in [0.2, 0.25) is 0 Å². The molecule has 0 saturated carbocycles. The first-order chi connectivity index (χ1) is 3.41. The molecule has 0 aliphatic rings. The number of hydrogen-bond donors (Lipinski definition) is 0. The predicted octanol–water partition coefficient (Wildman–Crippen LogP) is 2.26. The van der Waals surface area contributed by atoms with E-state index in [1.807, 2.05) is 0 Å². The Labute approximate surface area is 71.9 Å². The quantitative estimate of drug-likeness (QED) is 0.386. The van der Waals surface area contributed by atoms with Crippen molar-refractivity contribution in [2.24, 2.45) is 0 Å². The Morgan fingerprint density at radius 2 is 2.12 bits per heavy atom. The Balaban J connectivity index is 0. The molecule has 0 spiro atoms. The van der Waals surface area contributed by atoms with Crippen LogP contribution in [0.5, 0.6) is 0 Å². The van der Waals surface area contributed by atoms with Crippen LogP contribution in [0.4, 0.5) is 0 Å². The topological polar surface area (TPSA) is 0 Å². The average Bonchev–Trinajstić information content (AvgIpc) is 1.69. The standard InChI is InChI=1S/C6H9.BrH.Zn/c1-3-5-6-4-2;;/h3,5-6H2,1H3;1H;. The molecule has 0 saturated heterocycles. The molecule has 0 amide bonds. The molecule has 0 bridgehead atoms. The maximum atomic E-state index is 3.05. The second kappa shape index (κ2) is 10.6. The molecule has 0 heterocycles. The second-order valence-corrected chi connectivity index (χ2v) is 2.20. The van der Waals surface area contributed by atoms with Crippen molar-refractivity contribution >= 4 is 17.0 Å². The molecular weight excluding hydrogens is 217 g/mol. The van der Waals surface area contributed by atoms with Crippen LogP contribution in [0.1, 0.15) is 26.2 Å². The van der Waals surface area contributed by atoms with E-state index < -0.39 is 0 Å². The summed E-state index contributed by atoms with van der Waals surface area (Å²) < 4.78 is 2.98. The fraction of sp³-hybridized carbons (Fsp3) is 0.667. The molecule has 2 heteroatoms. The van der Waals surface area contributed by atoms with E-state index in [-0.39, 0.29) is 17.0 Å². The van der Waals surface area contributed by atoms with E-state index in [9.17, 15) is 0 Å². The van der Waals surface area contributed by atoms with E-state index in [1.54, 1.807) is 0 Å². The molecule has 0 unspecified atom stereocenters. The van der Waals surface area contributed by atoms with Gasteiger partial charge in [0, 0.05) is 0 Å². The Hall–Kier alpha value is 0.663. The second-order valence-electron chi connectivity index (χ2n) is 1.46. The number of rotatable bonds is 2. The summed E-state index contributed by atoms with van der Waals surface area (Å²) in [5.41, 5.74) is 0. The van der Waals surface area contributed by atoms with Crippen LogP contribution in [-0.2, 0) is 18.3 Å². The van der Waals surface area contributed by atoms with Crippen LogP contribution in [0.15, 0.2) is 0 Å². The van der Waals surface area contributed by atoms with E-state index >= 15 is 0 Å². The molecular formula is C6H10BrZn. The van der Waals surface area contributed by atoms with Crippen LogP contribution in [0.3, 0.4) is 0 Å². The van der Waals surface area contributed by atoms with Crippen molar-refractivity contribution in [3.8, 4) is 10.4 Å². The van der Waals surface area contributed by atoms with Crippen molar-refractivity contribution in [2.45, 2.75) is 26.2 Å². The normalized spacial score (nSPS) is 6.38. The molecule has 0 aromatic heterocycles. The van der Waals surface area contributed by atoms with Gasteiger partial charge in [0.25, 0.3) is 0 Å². The van der Waals surface area contributed by atoms with Gasteiger partial charge in [-0.05, 0) is 0 Å². The molecule has 0 N–H and O–H groups in total. The Morgan fingerprint density at radius 1 is 1.50 bits per heavy atom. The average molecular weight is 227 g/mol. The fourth-order valence-electron chi connectivity index (χ4n) is 0.354. The summed E-state index contributed by atoms with van der Waals surface area (Å²) in [6, 6.07) is 0. The molecule has 8 heavy (non-hydrogen) atoms. The zero-order valence-electron chi connectivity index (χ0n) is 5.24. The van der Waals surface area contributed by atoms with Gasteiger partial charge in [0.05, 0.1) is 0 Å². The Bertz CT molecular complexity index is 80.3. The van der Waals surface area contributed by atoms with Crippen LogP contribution >= 0.6 is 17.0 Å². The summed E-state index contributed by atoms with van der Waals surface area (Å²) in [5, 5.41) is 0. The van der Waals surface area contributed by atoms with Crippen LogP contribution in [0.25, 0.3) is 0 Å². The van der Waals surface area contributed by atoms with Gasteiger partial charge < -0.3 is 0 Å². The van der Waals surface area contributed by atoms with Crippen LogP contribution in [-0.4, -0.2) is 0 Å². The summed E-state index contributed by atoms with van der Waals surface area (Å²) >= 11 is 1.13. The van der Waals surface area contributed by atoms with E-state index in [2.05, 4.69) is 17.4 Å². The first kappa shape index (κ1) is 11.5. The zero-order chi connectivity index (χ0) is 5.54. The predicted molar refractivity (Wildman–Crippen MR) is 37.6 cm³/mol. The van der Waals surface area contributed by atoms with Gasteiger partial charge >= 0.3 is 54.9 Å². The van der Waals surface area contributed by atoms with E-state index in [1.165, 1.54) is 12.8 Å². The molecule has 0 nitrogen and oxygen atoms in total. The minimum atomic E-state index is 0. The van der Waals surface area contributed by atoms with E-state index in [0.29, 0.717) is 0 Å². The van der Waals surface area contributed by atoms with Gasteiger partial charge in [0.15, 0.2) is 0 Å². The van der Waals surface area contributed by atoms with E-state index in [4.69, 9.17) is 0 Å². The van der Waals surface area contributed by atoms with Crippen molar-refractivity contribution < 1.29 is 18.3 Å². The molecule has 0 aromatic rings. The van der Waals surface area contributed by atoms with Crippen LogP contribution < -0.4 is 0 Å². The van der Waals surface area contributed by atoms with Gasteiger partial charge in [-0.1, -0.05) is 0 Å². The van der Waals surface area contributed by atoms with Crippen LogP contribution in [0.2, 0.25) is 0 Å². The molecule has 0 aromatic carbocycles.